The summed E-state index contributed by atoms with van der Waals surface area (Å²) in [6.07, 6.45) is 3.83. The molecule has 2 aromatic heterocycles. The second-order valence-corrected chi connectivity index (χ2v) is 8.99. The van der Waals surface area contributed by atoms with Gasteiger partial charge in [-0.05, 0) is 48.1 Å². The van der Waals surface area contributed by atoms with Crippen molar-refractivity contribution in [3.05, 3.63) is 74.6 Å². The van der Waals surface area contributed by atoms with Gasteiger partial charge in [0.05, 0.1) is 11.4 Å². The van der Waals surface area contributed by atoms with Gasteiger partial charge in [0, 0.05) is 17.7 Å². The molecule has 1 unspecified atom stereocenters. The molecule has 2 heterocycles. The van der Waals surface area contributed by atoms with E-state index in [-0.39, 0.29) is 23.9 Å². The van der Waals surface area contributed by atoms with Gasteiger partial charge >= 0.3 is 0 Å². The third-order valence-corrected chi connectivity index (χ3v) is 7.07. The minimum absolute atomic E-state index is 0.0492. The van der Waals surface area contributed by atoms with E-state index in [0.29, 0.717) is 12.2 Å². The summed E-state index contributed by atoms with van der Waals surface area (Å²) in [5.41, 5.74) is 2.21. The summed E-state index contributed by atoms with van der Waals surface area (Å²) < 4.78 is 0. The SMILES string of the molecule is CC(NC(=O)CCc1nc2sc3c(c2c(=O)[nH]1)CCC3)c1cccc2ccccc12. The van der Waals surface area contributed by atoms with Crippen molar-refractivity contribution in [1.82, 2.24) is 15.3 Å². The Balaban J connectivity index is 1.29. The van der Waals surface area contributed by atoms with Gasteiger partial charge in [0.2, 0.25) is 5.91 Å². The Morgan fingerprint density at radius 1 is 1.20 bits per heavy atom. The Bertz CT molecular complexity index is 1320. The van der Waals surface area contributed by atoms with E-state index < -0.39 is 0 Å². The van der Waals surface area contributed by atoms with Crippen LogP contribution < -0.4 is 10.9 Å². The molecule has 4 aromatic rings. The number of H-pyrrole nitrogens is 1. The first-order valence-electron chi connectivity index (χ1n) is 10.4. The number of carbonyl (C=O) groups excluding carboxylic acids is 1. The molecule has 1 aliphatic carbocycles. The van der Waals surface area contributed by atoms with E-state index in [2.05, 4.69) is 39.6 Å². The van der Waals surface area contributed by atoms with Gasteiger partial charge in [0.1, 0.15) is 10.7 Å². The molecule has 0 aliphatic heterocycles. The minimum Gasteiger partial charge on any atom is -0.350 e. The number of aromatic nitrogens is 2. The molecule has 0 bridgehead atoms. The van der Waals surface area contributed by atoms with Crippen molar-refractivity contribution in [2.75, 3.05) is 0 Å². The summed E-state index contributed by atoms with van der Waals surface area (Å²) in [4.78, 5) is 34.8. The molecule has 1 aliphatic rings. The van der Waals surface area contributed by atoms with E-state index in [1.165, 1.54) is 10.4 Å². The van der Waals surface area contributed by atoms with Gasteiger partial charge in [-0.1, -0.05) is 42.5 Å². The lowest BCUT2D eigenvalue weighted by molar-refractivity contribution is -0.121. The first-order chi connectivity index (χ1) is 14.6. The van der Waals surface area contributed by atoms with Crippen molar-refractivity contribution in [1.29, 1.82) is 0 Å². The number of fused-ring (bicyclic) bond motifs is 4. The molecule has 0 fully saturated rings. The van der Waals surface area contributed by atoms with Crippen LogP contribution in [0, 0.1) is 0 Å². The van der Waals surface area contributed by atoms with E-state index in [1.807, 2.05) is 25.1 Å². The highest BCUT2D eigenvalue weighted by Crippen LogP contribution is 2.34. The minimum atomic E-state index is -0.0987. The van der Waals surface area contributed by atoms with Gasteiger partial charge in [-0.2, -0.15) is 0 Å². The largest absolute Gasteiger partial charge is 0.350 e. The standard InChI is InChI=1S/C24H23N3O2S/c1-14(16-9-4-7-15-6-2-3-8-17(15)16)25-21(28)13-12-20-26-23(29)22-18-10-5-11-19(18)30-24(22)27-20/h2-4,6-9,14H,5,10-13H2,1H3,(H,25,28)(H,26,27,29). The zero-order valence-electron chi connectivity index (χ0n) is 16.8. The van der Waals surface area contributed by atoms with E-state index in [9.17, 15) is 9.59 Å². The monoisotopic (exact) mass is 417 g/mol. The maximum atomic E-state index is 12.6. The summed E-state index contributed by atoms with van der Waals surface area (Å²) in [6.45, 7) is 2.00. The van der Waals surface area contributed by atoms with Crippen molar-refractivity contribution in [2.24, 2.45) is 0 Å². The van der Waals surface area contributed by atoms with Gasteiger partial charge in [-0.15, -0.1) is 11.3 Å². The molecule has 5 nitrogen and oxygen atoms in total. The third-order valence-electron chi connectivity index (χ3n) is 5.88. The van der Waals surface area contributed by atoms with E-state index in [1.54, 1.807) is 11.3 Å². The first-order valence-corrected chi connectivity index (χ1v) is 11.2. The predicted molar refractivity (Wildman–Crippen MR) is 121 cm³/mol. The van der Waals surface area contributed by atoms with Crippen molar-refractivity contribution < 1.29 is 4.79 Å². The maximum Gasteiger partial charge on any atom is 0.259 e. The van der Waals surface area contributed by atoms with Gasteiger partial charge < -0.3 is 10.3 Å². The summed E-state index contributed by atoms with van der Waals surface area (Å²) >= 11 is 1.63. The van der Waals surface area contributed by atoms with E-state index in [0.717, 1.165) is 45.8 Å². The highest BCUT2D eigenvalue weighted by Gasteiger charge is 2.21. The molecule has 5 rings (SSSR count). The summed E-state index contributed by atoms with van der Waals surface area (Å²) in [7, 11) is 0. The number of thiophene rings is 1. The average Bonchev–Trinajstić information content (AvgIpc) is 3.32. The lowest BCUT2D eigenvalue weighted by atomic mass is 9.99. The van der Waals surface area contributed by atoms with Crippen LogP contribution in [0.2, 0.25) is 0 Å². The fourth-order valence-electron chi connectivity index (χ4n) is 4.42. The van der Waals surface area contributed by atoms with Crippen LogP contribution in [0.15, 0.2) is 47.3 Å². The molecular formula is C24H23N3O2S. The predicted octanol–water partition coefficient (Wildman–Crippen LogP) is 4.44. The number of nitrogens with one attached hydrogen (secondary N) is 2. The van der Waals surface area contributed by atoms with Crippen LogP contribution in [0.25, 0.3) is 21.0 Å². The van der Waals surface area contributed by atoms with Crippen molar-refractivity contribution >= 4 is 38.2 Å². The van der Waals surface area contributed by atoms with Gasteiger partial charge in [-0.3, -0.25) is 9.59 Å². The summed E-state index contributed by atoms with van der Waals surface area (Å²) in [5.74, 6) is 0.534. The summed E-state index contributed by atoms with van der Waals surface area (Å²) in [5, 5.41) is 6.15. The molecule has 2 aromatic carbocycles. The van der Waals surface area contributed by atoms with Gasteiger partial charge in [-0.25, -0.2) is 4.98 Å². The van der Waals surface area contributed by atoms with Crippen LogP contribution in [-0.2, 0) is 24.1 Å². The smallest absolute Gasteiger partial charge is 0.259 e. The topological polar surface area (TPSA) is 74.8 Å². The molecule has 0 saturated heterocycles. The second kappa shape index (κ2) is 7.69. The van der Waals surface area contributed by atoms with Crippen LogP contribution in [0.3, 0.4) is 0 Å². The molecule has 6 heteroatoms. The molecule has 0 radical (unpaired) electrons. The average molecular weight is 418 g/mol. The molecule has 2 N–H and O–H groups in total. The number of benzene rings is 2. The number of nitrogens with zero attached hydrogens (tertiary/aromatic N) is 1. The van der Waals surface area contributed by atoms with Crippen molar-refractivity contribution in [2.45, 2.75) is 45.1 Å². The van der Waals surface area contributed by atoms with Crippen LogP contribution in [-0.4, -0.2) is 15.9 Å². The lowest BCUT2D eigenvalue weighted by Gasteiger charge is -2.16. The molecule has 0 spiro atoms. The van der Waals surface area contributed by atoms with Crippen molar-refractivity contribution in [3.63, 3.8) is 0 Å². The number of amides is 1. The molecule has 30 heavy (non-hydrogen) atoms. The Kier molecular flexibility index (Phi) is 4.87. The molecule has 1 atom stereocenters. The quantitative estimate of drug-likeness (QED) is 0.504. The zero-order chi connectivity index (χ0) is 20.7. The van der Waals surface area contributed by atoms with E-state index in [4.69, 9.17) is 0 Å². The van der Waals surface area contributed by atoms with Gasteiger partial charge in [0.15, 0.2) is 0 Å². The molecular weight excluding hydrogens is 394 g/mol. The van der Waals surface area contributed by atoms with Crippen LogP contribution in [0.1, 0.15) is 47.6 Å². The Morgan fingerprint density at radius 3 is 2.93 bits per heavy atom. The summed E-state index contributed by atoms with van der Waals surface area (Å²) in [6, 6.07) is 14.2. The number of hydrogen-bond acceptors (Lipinski definition) is 4. The second-order valence-electron chi connectivity index (χ2n) is 7.91. The highest BCUT2D eigenvalue weighted by atomic mass is 32.1. The Hall–Kier alpha value is -2.99. The first kappa shape index (κ1) is 19.0. The number of aryl methyl sites for hydroxylation is 3. The fraction of sp³-hybridized carbons (Fsp3) is 0.292. The van der Waals surface area contributed by atoms with Crippen molar-refractivity contribution in [3.8, 4) is 0 Å². The van der Waals surface area contributed by atoms with Crippen LogP contribution in [0.4, 0.5) is 0 Å². The number of rotatable bonds is 5. The number of hydrogen-bond donors (Lipinski definition) is 2. The molecule has 1 amide bonds. The normalized spacial score (nSPS) is 14.2. The molecule has 0 saturated carbocycles. The Labute approximate surface area is 178 Å². The Morgan fingerprint density at radius 2 is 2.03 bits per heavy atom. The van der Waals surface area contributed by atoms with Crippen LogP contribution in [0.5, 0.6) is 0 Å². The number of aromatic amines is 1. The zero-order valence-corrected chi connectivity index (χ0v) is 17.6. The fourth-order valence-corrected chi connectivity index (χ4v) is 5.70. The maximum absolute atomic E-state index is 12.6. The highest BCUT2D eigenvalue weighted by molar-refractivity contribution is 7.18. The third kappa shape index (κ3) is 3.41. The van der Waals surface area contributed by atoms with Crippen LogP contribution >= 0.6 is 11.3 Å². The number of carbonyl (C=O) groups is 1. The van der Waals surface area contributed by atoms with E-state index >= 15 is 0 Å². The molecule has 152 valence electrons. The lowest BCUT2D eigenvalue weighted by Crippen LogP contribution is -2.27. The van der Waals surface area contributed by atoms with Gasteiger partial charge in [0.25, 0.3) is 5.56 Å².